The lowest BCUT2D eigenvalue weighted by Gasteiger charge is -2.18. The smallest absolute Gasteiger partial charge is 0.328 e. The topological polar surface area (TPSA) is 17.8 Å². The fourth-order valence-electron chi connectivity index (χ4n) is 2.58. The Bertz CT molecular complexity index is 599. The largest absolute Gasteiger partial charge is 0.417 e. The lowest BCUT2D eigenvalue weighted by Crippen LogP contribution is -2.13. The van der Waals surface area contributed by atoms with Gasteiger partial charge in [0, 0.05) is 24.0 Å². The molecule has 2 heterocycles. The summed E-state index contributed by atoms with van der Waals surface area (Å²) in [6.07, 6.45) is 0.303. The van der Waals surface area contributed by atoms with Gasteiger partial charge in [0.15, 0.2) is 0 Å². The van der Waals surface area contributed by atoms with Gasteiger partial charge in [0.25, 0.3) is 0 Å². The van der Waals surface area contributed by atoms with E-state index in [2.05, 4.69) is 4.98 Å². The fraction of sp³-hybridized carbons (Fsp3) is 0.357. The molecular weight excluding hydrogens is 253 g/mol. The summed E-state index contributed by atoms with van der Waals surface area (Å²) >= 11 is 0. The first-order chi connectivity index (χ1) is 9.07. The van der Waals surface area contributed by atoms with E-state index in [9.17, 15) is 13.2 Å². The monoisotopic (exact) mass is 266 g/mol. The second kappa shape index (κ2) is 4.40. The molecule has 1 aliphatic heterocycles. The van der Waals surface area contributed by atoms with Crippen molar-refractivity contribution in [1.29, 1.82) is 0 Å². The standard InChI is InChI=1S/C14H13F3N2/c15-14(16,17)12-7-2-1-6-11(12)13-18-9-10-5-3-4-8-19(10)13/h1-2,6-7,9H,3-5,8H2. The summed E-state index contributed by atoms with van der Waals surface area (Å²) in [5.41, 5.74) is 0.579. The van der Waals surface area contributed by atoms with Crippen molar-refractivity contribution in [2.45, 2.75) is 32.0 Å². The fourth-order valence-corrected chi connectivity index (χ4v) is 2.58. The second-order valence-electron chi connectivity index (χ2n) is 4.73. The maximum absolute atomic E-state index is 13.0. The van der Waals surface area contributed by atoms with Crippen LogP contribution in [0.15, 0.2) is 30.5 Å². The summed E-state index contributed by atoms with van der Waals surface area (Å²) in [5, 5.41) is 0. The number of imidazole rings is 1. The molecule has 0 saturated heterocycles. The molecule has 0 aliphatic carbocycles. The third-order valence-electron chi connectivity index (χ3n) is 3.48. The Morgan fingerprint density at radius 1 is 1.11 bits per heavy atom. The highest BCUT2D eigenvalue weighted by Gasteiger charge is 2.34. The van der Waals surface area contributed by atoms with E-state index in [0.29, 0.717) is 5.82 Å². The molecule has 0 spiro atoms. The molecule has 3 rings (SSSR count). The highest BCUT2D eigenvalue weighted by atomic mass is 19.4. The van der Waals surface area contributed by atoms with Crippen LogP contribution < -0.4 is 0 Å². The number of rotatable bonds is 1. The van der Waals surface area contributed by atoms with Crippen LogP contribution in [0.4, 0.5) is 13.2 Å². The van der Waals surface area contributed by atoms with Gasteiger partial charge in [0.2, 0.25) is 0 Å². The molecule has 0 saturated carbocycles. The van der Waals surface area contributed by atoms with E-state index in [1.807, 2.05) is 4.57 Å². The molecule has 19 heavy (non-hydrogen) atoms. The number of halogens is 3. The molecule has 1 aliphatic rings. The van der Waals surface area contributed by atoms with Crippen LogP contribution in [-0.4, -0.2) is 9.55 Å². The van der Waals surface area contributed by atoms with Gasteiger partial charge in [-0.1, -0.05) is 18.2 Å². The Morgan fingerprint density at radius 3 is 2.68 bits per heavy atom. The van der Waals surface area contributed by atoms with Gasteiger partial charge >= 0.3 is 6.18 Å². The summed E-state index contributed by atoms with van der Waals surface area (Å²) < 4.78 is 41.0. The van der Waals surface area contributed by atoms with E-state index < -0.39 is 11.7 Å². The van der Waals surface area contributed by atoms with Crippen LogP contribution in [0.3, 0.4) is 0 Å². The normalized spacial score (nSPS) is 15.3. The molecule has 0 fully saturated rings. The van der Waals surface area contributed by atoms with Crippen LogP contribution in [0.1, 0.15) is 24.1 Å². The molecule has 2 aromatic rings. The molecule has 1 aromatic carbocycles. The average molecular weight is 266 g/mol. The van der Waals surface area contributed by atoms with Crippen molar-refractivity contribution in [3.63, 3.8) is 0 Å². The Morgan fingerprint density at radius 2 is 1.89 bits per heavy atom. The third-order valence-corrected chi connectivity index (χ3v) is 3.48. The van der Waals surface area contributed by atoms with E-state index >= 15 is 0 Å². The van der Waals surface area contributed by atoms with Crippen LogP contribution >= 0.6 is 0 Å². The molecule has 100 valence electrons. The first-order valence-electron chi connectivity index (χ1n) is 6.28. The quantitative estimate of drug-likeness (QED) is 0.765. The zero-order valence-corrected chi connectivity index (χ0v) is 10.2. The van der Waals surface area contributed by atoms with Gasteiger partial charge in [-0.3, -0.25) is 0 Å². The van der Waals surface area contributed by atoms with Crippen LogP contribution in [0.5, 0.6) is 0 Å². The van der Waals surface area contributed by atoms with Crippen LogP contribution in [0.25, 0.3) is 11.4 Å². The van der Waals surface area contributed by atoms with Crippen LogP contribution in [-0.2, 0) is 19.1 Å². The maximum Gasteiger partial charge on any atom is 0.417 e. The van der Waals surface area contributed by atoms with Gasteiger partial charge in [-0.15, -0.1) is 0 Å². The predicted molar refractivity (Wildman–Crippen MR) is 65.6 cm³/mol. The molecule has 0 unspecified atom stereocenters. The highest BCUT2D eigenvalue weighted by molar-refractivity contribution is 5.62. The lowest BCUT2D eigenvalue weighted by atomic mass is 10.1. The molecular formula is C14H13F3N2. The van der Waals surface area contributed by atoms with Gasteiger partial charge < -0.3 is 4.57 Å². The Kier molecular flexibility index (Phi) is 2.84. The van der Waals surface area contributed by atoms with Crippen molar-refractivity contribution in [3.8, 4) is 11.4 Å². The summed E-state index contributed by atoms with van der Waals surface area (Å²) in [7, 11) is 0. The molecule has 0 atom stereocenters. The van der Waals surface area contributed by atoms with Crippen molar-refractivity contribution in [1.82, 2.24) is 9.55 Å². The van der Waals surface area contributed by atoms with Crippen molar-refractivity contribution < 1.29 is 13.2 Å². The second-order valence-corrected chi connectivity index (χ2v) is 4.73. The van der Waals surface area contributed by atoms with Gasteiger partial charge in [-0.05, 0) is 25.3 Å². The van der Waals surface area contributed by atoms with Gasteiger partial charge in [0.05, 0.1) is 5.56 Å². The molecule has 0 radical (unpaired) electrons. The summed E-state index contributed by atoms with van der Waals surface area (Å²) in [6.45, 7) is 0.747. The van der Waals surface area contributed by atoms with E-state index in [-0.39, 0.29) is 5.56 Å². The van der Waals surface area contributed by atoms with Crippen molar-refractivity contribution in [2.24, 2.45) is 0 Å². The molecule has 1 aromatic heterocycles. The lowest BCUT2D eigenvalue weighted by molar-refractivity contribution is -0.137. The van der Waals surface area contributed by atoms with Crippen molar-refractivity contribution >= 4 is 0 Å². The maximum atomic E-state index is 13.0. The minimum atomic E-state index is -4.35. The Balaban J connectivity index is 2.15. The summed E-state index contributed by atoms with van der Waals surface area (Å²) in [6, 6.07) is 5.63. The molecule has 0 amide bonds. The Hall–Kier alpha value is -1.78. The van der Waals surface area contributed by atoms with Gasteiger partial charge in [-0.25, -0.2) is 4.98 Å². The highest BCUT2D eigenvalue weighted by Crippen LogP contribution is 2.37. The predicted octanol–water partition coefficient (Wildman–Crippen LogP) is 3.91. The van der Waals surface area contributed by atoms with E-state index in [4.69, 9.17) is 0 Å². The van der Waals surface area contributed by atoms with Crippen LogP contribution in [0.2, 0.25) is 0 Å². The molecule has 2 nitrogen and oxygen atoms in total. The number of hydrogen-bond donors (Lipinski definition) is 0. The van der Waals surface area contributed by atoms with Crippen molar-refractivity contribution in [2.75, 3.05) is 0 Å². The first kappa shape index (κ1) is 12.3. The third kappa shape index (κ3) is 2.13. The number of hydrogen-bond acceptors (Lipinski definition) is 1. The Labute approximate surface area is 108 Å². The number of benzene rings is 1. The van der Waals surface area contributed by atoms with Gasteiger partial charge in [-0.2, -0.15) is 13.2 Å². The summed E-state index contributed by atoms with van der Waals surface area (Å²) in [4.78, 5) is 4.21. The first-order valence-corrected chi connectivity index (χ1v) is 6.28. The molecule has 0 N–H and O–H groups in total. The molecule has 5 heteroatoms. The van der Waals surface area contributed by atoms with E-state index in [1.54, 1.807) is 12.3 Å². The number of aryl methyl sites for hydroxylation is 1. The number of nitrogens with zero attached hydrogens (tertiary/aromatic N) is 2. The minimum absolute atomic E-state index is 0.170. The zero-order chi connectivity index (χ0) is 13.5. The number of fused-ring (bicyclic) bond motifs is 1. The van der Waals surface area contributed by atoms with Crippen molar-refractivity contribution in [3.05, 3.63) is 41.7 Å². The minimum Gasteiger partial charge on any atom is -0.328 e. The number of aromatic nitrogens is 2. The number of alkyl halides is 3. The van der Waals surface area contributed by atoms with E-state index in [1.165, 1.54) is 12.1 Å². The van der Waals surface area contributed by atoms with Crippen LogP contribution in [0, 0.1) is 0 Å². The molecule has 0 bridgehead atoms. The summed E-state index contributed by atoms with van der Waals surface area (Å²) in [5.74, 6) is 0.433. The van der Waals surface area contributed by atoms with Gasteiger partial charge in [0.1, 0.15) is 5.82 Å². The zero-order valence-electron chi connectivity index (χ0n) is 10.2. The average Bonchev–Trinajstić information content (AvgIpc) is 2.81. The van der Waals surface area contributed by atoms with E-state index in [0.717, 1.165) is 37.6 Å². The SMILES string of the molecule is FC(F)(F)c1ccccc1-c1ncc2n1CCCC2.